The van der Waals surface area contributed by atoms with Crippen LogP contribution in [0.5, 0.6) is 0 Å². The van der Waals surface area contributed by atoms with Gasteiger partial charge in [0, 0.05) is 98.8 Å². The average Bonchev–Trinajstić information content (AvgIpc) is 3.98. The van der Waals surface area contributed by atoms with Crippen molar-refractivity contribution >= 4 is 77.2 Å². The van der Waals surface area contributed by atoms with Crippen LogP contribution < -0.4 is 0 Å². The van der Waals surface area contributed by atoms with E-state index in [4.69, 9.17) is 13.9 Å². The van der Waals surface area contributed by atoms with Gasteiger partial charge in [-0.2, -0.15) is 0 Å². The molecule has 0 aliphatic heterocycles. The van der Waals surface area contributed by atoms with Crippen LogP contribution in [-0.4, -0.2) is 41.7 Å². The summed E-state index contributed by atoms with van der Waals surface area (Å²) in [4.78, 5) is 40.2. The number of hydrogen-bond acceptors (Lipinski definition) is 10. The second-order valence-corrected chi connectivity index (χ2v) is 20.0. The van der Waals surface area contributed by atoms with E-state index in [1.165, 1.54) is 47.9 Å². The minimum Gasteiger partial charge on any atom is -0.512 e. The van der Waals surface area contributed by atoms with Crippen molar-refractivity contribution in [2.45, 2.75) is 121 Å². The number of carbonyl (C=O) groups is 2. The molecule has 0 atom stereocenters. The van der Waals surface area contributed by atoms with Crippen LogP contribution in [0.2, 0.25) is 0 Å². The number of fused-ring (bicyclic) bond motifs is 8. The summed E-state index contributed by atoms with van der Waals surface area (Å²) in [5.41, 5.74) is 11.0. The largest absolute Gasteiger partial charge is 0.512 e. The Morgan fingerprint density at radius 2 is 0.962 bits per heavy atom. The summed E-state index contributed by atoms with van der Waals surface area (Å²) in [6.45, 7) is 23.7. The van der Waals surface area contributed by atoms with Gasteiger partial charge in [0.25, 0.3) is 0 Å². The number of allylic oxidation sites excluding steroid dienone is 4. The number of aromatic nitrogens is 4. The second kappa shape index (κ2) is 28.3. The molecule has 0 aliphatic rings. The first-order valence-corrected chi connectivity index (χ1v) is 26.5. The zero-order valence-corrected chi connectivity index (χ0v) is 51.5. The van der Waals surface area contributed by atoms with Crippen LogP contribution in [0.4, 0.5) is 0 Å². The zero-order valence-electron chi connectivity index (χ0n) is 46.7. The van der Waals surface area contributed by atoms with Crippen molar-refractivity contribution in [1.29, 1.82) is 0 Å². The van der Waals surface area contributed by atoms with Gasteiger partial charge in [0.15, 0.2) is 11.6 Å². The Labute approximate surface area is 485 Å². The third-order valence-electron chi connectivity index (χ3n) is 13.8. The topological polar surface area (TPSA) is 152 Å². The molecule has 410 valence electrons. The average molecular weight is 1400 g/mol. The van der Waals surface area contributed by atoms with Crippen LogP contribution in [0.15, 0.2) is 142 Å². The Bertz CT molecular complexity index is 3540. The third kappa shape index (κ3) is 14.5. The molecule has 0 fully saturated rings. The Balaban J connectivity index is 0.000000208. The molecule has 6 aromatic heterocycles. The van der Waals surface area contributed by atoms with Gasteiger partial charge in [-0.05, 0) is 146 Å². The van der Waals surface area contributed by atoms with Gasteiger partial charge in [0.05, 0.1) is 22.7 Å². The SMILES string of the molecule is CC(=O)C=C(C)O.CCC(CC)C(=O)C=C(O)C(CC)CC.Cc1ccc2c(n1)oc1c(-c3nccc4cc(C(C)C)ccc34)[c-]ccc12.Cc1ccc2c(n1)oc1c(-c3nccc4cc(C(C)C)ccc34)[c-]ccc12.[Ir].[Ir]. The number of hydrogen-bond donors (Lipinski definition) is 2. The fraction of sp³-hybridized carbons (Fsp3) is 0.303. The molecule has 0 saturated carbocycles. The maximum atomic E-state index is 11.7. The molecular formula is C66H70Ir2N4O6-2. The standard InChI is InChI=1S/2C24H19N2O.C13H24O2.C5H8O2.2Ir/c2*1-14(2)16-8-10-18-17(13-16)11-12-25-22(18)21-6-4-5-19-20-9-7-15(3)26-24(20)27-23(19)21;1-5-10(6-2)12(14)9-13(15)11(7-3)8-4;1-4(6)3-5(2)7;;/h2*4-5,7-14H,1-3H3;9-11,14H,5-8H2,1-4H3;3,6H,1-2H3;;/q2*-1;;;;. The Morgan fingerprint density at radius 1 is 0.551 bits per heavy atom. The number of benzene rings is 4. The maximum Gasteiger partial charge on any atom is 0.216 e. The summed E-state index contributed by atoms with van der Waals surface area (Å²) < 4.78 is 12.3. The molecule has 6 heterocycles. The van der Waals surface area contributed by atoms with Gasteiger partial charge in [-0.3, -0.25) is 9.59 Å². The Hall–Kier alpha value is -6.68. The van der Waals surface area contributed by atoms with Crippen LogP contribution in [0, 0.1) is 37.8 Å². The normalized spacial score (nSPS) is 11.6. The van der Waals surface area contributed by atoms with Crippen molar-refractivity contribution in [3.63, 3.8) is 0 Å². The van der Waals surface area contributed by atoms with Gasteiger partial charge in [-0.25, -0.2) is 9.97 Å². The molecule has 0 saturated heterocycles. The van der Waals surface area contributed by atoms with Crippen molar-refractivity contribution in [1.82, 2.24) is 19.9 Å². The number of nitrogens with zero attached hydrogens (tertiary/aromatic N) is 4. The number of ketones is 2. The predicted octanol–water partition coefficient (Wildman–Crippen LogP) is 17.8. The first-order chi connectivity index (χ1) is 36.5. The van der Waals surface area contributed by atoms with E-state index in [0.717, 1.165) is 103 Å². The molecule has 0 aliphatic carbocycles. The number of furan rings is 2. The van der Waals surface area contributed by atoms with Crippen LogP contribution in [-0.2, 0) is 49.8 Å². The number of rotatable bonds is 12. The maximum absolute atomic E-state index is 11.7. The van der Waals surface area contributed by atoms with Crippen molar-refractivity contribution < 1.29 is 68.8 Å². The summed E-state index contributed by atoms with van der Waals surface area (Å²) in [6, 6.07) is 40.1. The molecule has 0 spiro atoms. The molecule has 78 heavy (non-hydrogen) atoms. The Kier molecular flexibility index (Phi) is 22.5. The number of aliphatic hydroxyl groups is 2. The van der Waals surface area contributed by atoms with Crippen LogP contribution in [0.3, 0.4) is 0 Å². The fourth-order valence-corrected chi connectivity index (χ4v) is 9.36. The number of carbonyl (C=O) groups excluding carboxylic acids is 2. The minimum atomic E-state index is -0.125. The Morgan fingerprint density at radius 3 is 1.32 bits per heavy atom. The summed E-state index contributed by atoms with van der Waals surface area (Å²) in [5, 5.41) is 26.8. The molecule has 0 amide bonds. The van der Waals surface area contributed by atoms with Gasteiger partial charge in [-0.15, -0.1) is 36.4 Å². The van der Waals surface area contributed by atoms with Crippen LogP contribution in [0.1, 0.15) is 129 Å². The number of aliphatic hydroxyl groups excluding tert-OH is 2. The van der Waals surface area contributed by atoms with Crippen molar-refractivity contribution in [2.24, 2.45) is 11.8 Å². The van der Waals surface area contributed by atoms with E-state index < -0.39 is 0 Å². The quantitative estimate of drug-likeness (QED) is 0.0687. The van der Waals surface area contributed by atoms with E-state index in [2.05, 4.69) is 120 Å². The van der Waals surface area contributed by atoms with E-state index in [1.54, 1.807) is 0 Å². The molecule has 2 N–H and O–H groups in total. The molecular weight excluding hydrogens is 1330 g/mol. The molecule has 10 rings (SSSR count). The first-order valence-electron chi connectivity index (χ1n) is 26.5. The van der Waals surface area contributed by atoms with Crippen LogP contribution >= 0.6 is 0 Å². The fourth-order valence-electron chi connectivity index (χ4n) is 9.36. The number of aryl methyl sites for hydroxylation is 2. The van der Waals surface area contributed by atoms with Crippen molar-refractivity contribution in [2.75, 3.05) is 0 Å². The zero-order chi connectivity index (χ0) is 54.8. The molecule has 10 aromatic rings. The van der Waals surface area contributed by atoms with Gasteiger partial charge in [-0.1, -0.05) is 114 Å². The van der Waals surface area contributed by atoms with E-state index >= 15 is 0 Å². The number of pyridine rings is 4. The smallest absolute Gasteiger partial charge is 0.216 e. The molecule has 2 radical (unpaired) electrons. The van der Waals surface area contributed by atoms with E-state index in [-0.39, 0.29) is 75.1 Å². The van der Waals surface area contributed by atoms with E-state index in [9.17, 15) is 14.7 Å². The van der Waals surface area contributed by atoms with Crippen molar-refractivity contribution in [3.8, 4) is 22.5 Å². The van der Waals surface area contributed by atoms with Crippen molar-refractivity contribution in [3.05, 3.63) is 168 Å². The summed E-state index contributed by atoms with van der Waals surface area (Å²) in [6.07, 6.45) is 9.79. The van der Waals surface area contributed by atoms with Crippen LogP contribution in [0.25, 0.3) is 88.2 Å². The summed E-state index contributed by atoms with van der Waals surface area (Å²) >= 11 is 0. The monoisotopic (exact) mass is 1400 g/mol. The van der Waals surface area contributed by atoms with E-state index in [1.807, 2.05) is 90.3 Å². The van der Waals surface area contributed by atoms with E-state index in [0.29, 0.717) is 23.3 Å². The molecule has 10 nitrogen and oxygen atoms in total. The second-order valence-electron chi connectivity index (χ2n) is 20.0. The predicted molar refractivity (Wildman–Crippen MR) is 311 cm³/mol. The van der Waals surface area contributed by atoms with Gasteiger partial charge in [0.1, 0.15) is 0 Å². The minimum absolute atomic E-state index is 0. The first kappa shape index (κ1) is 62.2. The van der Waals surface area contributed by atoms with Gasteiger partial charge in [0.2, 0.25) is 11.4 Å². The molecule has 0 bridgehead atoms. The molecule has 4 aromatic carbocycles. The molecule has 12 heteroatoms. The third-order valence-corrected chi connectivity index (χ3v) is 13.8. The van der Waals surface area contributed by atoms with Gasteiger partial charge >= 0.3 is 0 Å². The molecule has 0 unspecified atom stereocenters. The summed E-state index contributed by atoms with van der Waals surface area (Å²) in [7, 11) is 0. The van der Waals surface area contributed by atoms with Gasteiger partial charge < -0.3 is 29.0 Å². The summed E-state index contributed by atoms with van der Waals surface area (Å²) in [5.74, 6) is 1.47.